The van der Waals surface area contributed by atoms with E-state index in [0.717, 1.165) is 4.68 Å². The topological polar surface area (TPSA) is 84.2 Å². The number of benzene rings is 2. The van der Waals surface area contributed by atoms with E-state index < -0.39 is 11.5 Å². The molecule has 6 nitrogen and oxygen atoms in total. The maximum absolute atomic E-state index is 12.5. The van der Waals surface area contributed by atoms with Gasteiger partial charge in [0.15, 0.2) is 0 Å². The van der Waals surface area contributed by atoms with Crippen LogP contribution in [0.1, 0.15) is 10.5 Å². The molecule has 0 unspecified atom stereocenters. The number of aromatic carboxylic acids is 1. The molecule has 0 aliphatic rings. The summed E-state index contributed by atoms with van der Waals surface area (Å²) < 4.78 is 6.10. The molecule has 0 aliphatic heterocycles. The number of carboxylic acids is 1. The summed E-state index contributed by atoms with van der Waals surface area (Å²) in [5, 5.41) is 15.8. The zero-order chi connectivity index (χ0) is 15.7. The molecule has 3 rings (SSSR count). The standard InChI is InChI=1S/C16H12N2O4/c1-22-11-8-6-10(7-9-11)18-15(19)13-5-3-2-4-12(13)14(17-18)16(20)21/h2-9H,1H3,(H,20,21)/p-1. The number of hydrogen-bond acceptors (Lipinski definition) is 5. The van der Waals surface area contributed by atoms with E-state index in [2.05, 4.69) is 5.10 Å². The number of fused-ring (bicyclic) bond motifs is 1. The van der Waals surface area contributed by atoms with Gasteiger partial charge in [0.1, 0.15) is 11.4 Å². The maximum atomic E-state index is 12.5. The van der Waals surface area contributed by atoms with Gasteiger partial charge in [-0.15, -0.1) is 0 Å². The minimum Gasteiger partial charge on any atom is -0.543 e. The quantitative estimate of drug-likeness (QED) is 0.712. The fraction of sp³-hybridized carbons (Fsp3) is 0.0625. The van der Waals surface area contributed by atoms with Crippen LogP contribution in [0, 0.1) is 0 Å². The van der Waals surface area contributed by atoms with Gasteiger partial charge < -0.3 is 14.6 Å². The first-order chi connectivity index (χ1) is 10.6. The number of carbonyl (C=O) groups excluding carboxylic acids is 1. The number of carbonyl (C=O) groups is 1. The summed E-state index contributed by atoms with van der Waals surface area (Å²) in [6, 6.07) is 13.0. The molecule has 2 aromatic carbocycles. The molecular weight excluding hydrogens is 284 g/mol. The second kappa shape index (κ2) is 5.33. The Morgan fingerprint density at radius 3 is 2.32 bits per heavy atom. The summed E-state index contributed by atoms with van der Waals surface area (Å²) in [4.78, 5) is 23.8. The molecule has 1 heterocycles. The van der Waals surface area contributed by atoms with Gasteiger partial charge in [0.2, 0.25) is 0 Å². The smallest absolute Gasteiger partial charge is 0.279 e. The van der Waals surface area contributed by atoms with Crippen molar-refractivity contribution in [2.75, 3.05) is 7.11 Å². The van der Waals surface area contributed by atoms with Gasteiger partial charge in [-0.1, -0.05) is 18.2 Å². The molecule has 0 spiro atoms. The second-order valence-electron chi connectivity index (χ2n) is 4.60. The lowest BCUT2D eigenvalue weighted by atomic mass is 10.1. The normalized spacial score (nSPS) is 10.6. The number of nitrogens with zero attached hydrogens (tertiary/aromatic N) is 2. The van der Waals surface area contributed by atoms with E-state index in [0.29, 0.717) is 11.4 Å². The van der Waals surface area contributed by atoms with Crippen molar-refractivity contribution in [3.63, 3.8) is 0 Å². The highest BCUT2D eigenvalue weighted by molar-refractivity contribution is 6.00. The minimum absolute atomic E-state index is 0.261. The van der Waals surface area contributed by atoms with Crippen LogP contribution in [-0.2, 0) is 0 Å². The van der Waals surface area contributed by atoms with Crippen molar-refractivity contribution in [2.45, 2.75) is 0 Å². The third-order valence-corrected chi connectivity index (χ3v) is 3.32. The largest absolute Gasteiger partial charge is 0.543 e. The Morgan fingerprint density at radius 2 is 1.73 bits per heavy atom. The molecule has 0 atom stereocenters. The van der Waals surface area contributed by atoms with Gasteiger partial charge in [0, 0.05) is 5.39 Å². The first kappa shape index (κ1) is 13.8. The van der Waals surface area contributed by atoms with Crippen molar-refractivity contribution in [3.05, 3.63) is 64.6 Å². The van der Waals surface area contributed by atoms with Gasteiger partial charge in [-0.05, 0) is 30.3 Å². The summed E-state index contributed by atoms with van der Waals surface area (Å²) in [5.74, 6) is -0.809. The van der Waals surface area contributed by atoms with E-state index in [1.54, 1.807) is 42.5 Å². The molecule has 0 radical (unpaired) electrons. The molecular formula is C16H11N2O4-. The molecule has 22 heavy (non-hydrogen) atoms. The number of methoxy groups -OCH3 is 1. The number of ether oxygens (including phenoxy) is 1. The monoisotopic (exact) mass is 295 g/mol. The van der Waals surface area contributed by atoms with Gasteiger partial charge in [0.05, 0.1) is 24.2 Å². The molecule has 0 amide bonds. The number of rotatable bonds is 3. The second-order valence-corrected chi connectivity index (χ2v) is 4.60. The maximum Gasteiger partial charge on any atom is 0.279 e. The Balaban J connectivity index is 2.31. The molecule has 0 aliphatic carbocycles. The zero-order valence-electron chi connectivity index (χ0n) is 11.6. The van der Waals surface area contributed by atoms with Crippen molar-refractivity contribution in [1.82, 2.24) is 9.78 Å². The summed E-state index contributed by atoms with van der Waals surface area (Å²) in [6.07, 6.45) is 0. The third kappa shape index (κ3) is 2.20. The van der Waals surface area contributed by atoms with Gasteiger partial charge in [0.25, 0.3) is 5.56 Å². The molecule has 6 heteroatoms. The van der Waals surface area contributed by atoms with Crippen LogP contribution in [0.25, 0.3) is 16.5 Å². The van der Waals surface area contributed by atoms with Gasteiger partial charge in [-0.3, -0.25) is 4.79 Å². The summed E-state index contributed by atoms with van der Waals surface area (Å²) in [5.41, 5.74) is -0.226. The number of aromatic nitrogens is 2. The van der Waals surface area contributed by atoms with Gasteiger partial charge in [-0.25, -0.2) is 0 Å². The van der Waals surface area contributed by atoms with Crippen LogP contribution in [0.4, 0.5) is 0 Å². The molecule has 0 saturated heterocycles. The lowest BCUT2D eigenvalue weighted by Gasteiger charge is -2.11. The van der Waals surface area contributed by atoms with Crippen LogP contribution in [0.3, 0.4) is 0 Å². The molecule has 110 valence electrons. The van der Waals surface area contributed by atoms with Crippen LogP contribution in [0.2, 0.25) is 0 Å². The Bertz CT molecular complexity index is 914. The van der Waals surface area contributed by atoms with Crippen molar-refractivity contribution in [2.24, 2.45) is 0 Å². The van der Waals surface area contributed by atoms with Crippen molar-refractivity contribution in [1.29, 1.82) is 0 Å². The molecule has 0 N–H and O–H groups in total. The van der Waals surface area contributed by atoms with Crippen LogP contribution >= 0.6 is 0 Å². The van der Waals surface area contributed by atoms with E-state index in [9.17, 15) is 14.7 Å². The molecule has 0 saturated carbocycles. The molecule has 1 aromatic heterocycles. The molecule has 0 fully saturated rings. The third-order valence-electron chi connectivity index (χ3n) is 3.32. The van der Waals surface area contributed by atoms with E-state index in [4.69, 9.17) is 4.74 Å². The average molecular weight is 295 g/mol. The van der Waals surface area contributed by atoms with Crippen LogP contribution in [0.5, 0.6) is 5.75 Å². The molecule has 3 aromatic rings. The summed E-state index contributed by atoms with van der Waals surface area (Å²) in [6.45, 7) is 0. The first-order valence-corrected chi connectivity index (χ1v) is 6.49. The predicted molar refractivity (Wildman–Crippen MR) is 78.2 cm³/mol. The van der Waals surface area contributed by atoms with Crippen LogP contribution < -0.4 is 15.4 Å². The van der Waals surface area contributed by atoms with E-state index in [1.165, 1.54) is 13.2 Å². The average Bonchev–Trinajstić information content (AvgIpc) is 2.55. The highest BCUT2D eigenvalue weighted by Gasteiger charge is 2.12. The fourth-order valence-corrected chi connectivity index (χ4v) is 2.24. The van der Waals surface area contributed by atoms with Gasteiger partial charge in [-0.2, -0.15) is 9.78 Å². The van der Waals surface area contributed by atoms with Crippen LogP contribution in [-0.4, -0.2) is 22.9 Å². The number of hydrogen-bond donors (Lipinski definition) is 0. The van der Waals surface area contributed by atoms with Crippen molar-refractivity contribution >= 4 is 16.7 Å². The van der Waals surface area contributed by atoms with Crippen molar-refractivity contribution < 1.29 is 14.6 Å². The van der Waals surface area contributed by atoms with Crippen molar-refractivity contribution in [3.8, 4) is 11.4 Å². The SMILES string of the molecule is COc1ccc(-n2nc(C(=O)[O-])c3ccccc3c2=O)cc1. The Morgan fingerprint density at radius 1 is 1.09 bits per heavy atom. The highest BCUT2D eigenvalue weighted by Crippen LogP contribution is 2.16. The number of carboxylic acid groups (broad SMARTS) is 1. The molecule has 0 bridgehead atoms. The Kier molecular flexibility index (Phi) is 3.34. The minimum atomic E-state index is -1.43. The fourth-order valence-electron chi connectivity index (χ4n) is 2.24. The highest BCUT2D eigenvalue weighted by atomic mass is 16.5. The summed E-state index contributed by atoms with van der Waals surface area (Å²) in [7, 11) is 1.53. The predicted octanol–water partition coefficient (Wildman–Crippen LogP) is 0.758. The summed E-state index contributed by atoms with van der Waals surface area (Å²) >= 11 is 0. The first-order valence-electron chi connectivity index (χ1n) is 6.49. The van der Waals surface area contributed by atoms with E-state index in [-0.39, 0.29) is 16.5 Å². The lowest BCUT2D eigenvalue weighted by Crippen LogP contribution is -2.30. The van der Waals surface area contributed by atoms with Gasteiger partial charge >= 0.3 is 0 Å². The van der Waals surface area contributed by atoms with E-state index >= 15 is 0 Å². The lowest BCUT2D eigenvalue weighted by molar-refractivity contribution is -0.255. The van der Waals surface area contributed by atoms with Crippen LogP contribution in [0.15, 0.2) is 53.3 Å². The zero-order valence-corrected chi connectivity index (χ0v) is 11.6. The Labute approximate surface area is 125 Å². The van der Waals surface area contributed by atoms with E-state index in [1.807, 2.05) is 0 Å². The Hall–Kier alpha value is -3.15.